The zero-order valence-corrected chi connectivity index (χ0v) is 14.6. The summed E-state index contributed by atoms with van der Waals surface area (Å²) in [5.41, 5.74) is 5.20. The van der Waals surface area contributed by atoms with Gasteiger partial charge >= 0.3 is 0 Å². The summed E-state index contributed by atoms with van der Waals surface area (Å²) >= 11 is 0. The maximum absolute atomic E-state index is 4.43. The molecule has 0 saturated carbocycles. The van der Waals surface area contributed by atoms with Crippen molar-refractivity contribution < 1.29 is 0 Å². The van der Waals surface area contributed by atoms with Gasteiger partial charge in [0, 0.05) is 13.6 Å². The number of hydrogen-bond acceptors (Lipinski definition) is 2. The molecule has 21 heavy (non-hydrogen) atoms. The monoisotopic (exact) mass is 288 g/mol. The molecule has 0 unspecified atom stereocenters. The van der Waals surface area contributed by atoms with Gasteiger partial charge in [-0.2, -0.15) is 0 Å². The van der Waals surface area contributed by atoms with E-state index in [0.717, 1.165) is 18.7 Å². The highest BCUT2D eigenvalue weighted by Gasteiger charge is 2.16. The minimum absolute atomic E-state index is 1.06. The molecule has 2 heteroatoms. The molecule has 0 N–H and O–H groups in total. The summed E-state index contributed by atoms with van der Waals surface area (Å²) in [7, 11) is 1.89. The van der Waals surface area contributed by atoms with Crippen molar-refractivity contribution in [3.63, 3.8) is 0 Å². The van der Waals surface area contributed by atoms with Crippen molar-refractivity contribution in [2.75, 3.05) is 26.7 Å². The molecule has 1 fully saturated rings. The molecule has 0 atom stereocenters. The highest BCUT2D eigenvalue weighted by atomic mass is 15.1. The van der Waals surface area contributed by atoms with Crippen LogP contribution in [0.4, 0.5) is 0 Å². The van der Waals surface area contributed by atoms with Crippen molar-refractivity contribution in [2.24, 2.45) is 4.99 Å². The number of allylic oxidation sites excluding steroid dienone is 4. The molecule has 2 aliphatic rings. The third-order valence-corrected chi connectivity index (χ3v) is 3.89. The zero-order valence-electron chi connectivity index (χ0n) is 14.6. The van der Waals surface area contributed by atoms with Crippen molar-refractivity contribution in [1.29, 1.82) is 0 Å². The molecule has 0 aromatic rings. The van der Waals surface area contributed by atoms with Crippen LogP contribution in [0.25, 0.3) is 0 Å². The van der Waals surface area contributed by atoms with Crippen LogP contribution in [0.2, 0.25) is 0 Å². The van der Waals surface area contributed by atoms with Gasteiger partial charge in [-0.25, -0.2) is 0 Å². The minimum Gasteiger partial charge on any atom is -0.299 e. The summed E-state index contributed by atoms with van der Waals surface area (Å²) in [6.45, 7) is 12.0. The summed E-state index contributed by atoms with van der Waals surface area (Å²) in [6.07, 6.45) is 12.1. The molecular weight excluding hydrogens is 256 g/mol. The molecule has 0 aromatic heterocycles. The highest BCUT2D eigenvalue weighted by Crippen LogP contribution is 2.22. The Balaban J connectivity index is 0.00000106. The molecule has 1 heterocycles. The van der Waals surface area contributed by atoms with Crippen molar-refractivity contribution in [1.82, 2.24) is 4.90 Å². The van der Waals surface area contributed by atoms with Crippen LogP contribution in [0.5, 0.6) is 0 Å². The first-order valence-corrected chi connectivity index (χ1v) is 8.53. The van der Waals surface area contributed by atoms with Crippen molar-refractivity contribution in [2.45, 2.75) is 53.4 Å². The van der Waals surface area contributed by atoms with E-state index >= 15 is 0 Å². The lowest BCUT2D eigenvalue weighted by Gasteiger charge is -2.28. The van der Waals surface area contributed by atoms with Gasteiger partial charge in [0.2, 0.25) is 0 Å². The van der Waals surface area contributed by atoms with E-state index in [-0.39, 0.29) is 0 Å². The summed E-state index contributed by atoms with van der Waals surface area (Å²) in [4.78, 5) is 7.01. The van der Waals surface area contributed by atoms with Crippen LogP contribution in [0.3, 0.4) is 0 Å². The smallest absolute Gasteiger partial charge is 0.0669 e. The standard InChI is InChI=1S/C17H26N2.C2H6/c1-4-8-16-12-15(11-14(2)17(16)18-3)13-19-9-6-5-7-10-19;1-2/h8,11-12H,4-7,9-10,13H2,1-3H3;1-2H3/b16-8-,18-17?;. The van der Waals surface area contributed by atoms with Gasteiger partial charge in [-0.15, -0.1) is 0 Å². The maximum atomic E-state index is 4.43. The number of hydrogen-bond donors (Lipinski definition) is 0. The van der Waals surface area contributed by atoms with Crippen molar-refractivity contribution in [3.05, 3.63) is 34.9 Å². The van der Waals surface area contributed by atoms with E-state index in [2.05, 4.69) is 42.0 Å². The van der Waals surface area contributed by atoms with Crippen LogP contribution < -0.4 is 0 Å². The van der Waals surface area contributed by atoms with Crippen molar-refractivity contribution in [3.8, 4) is 0 Å². The van der Waals surface area contributed by atoms with Crippen LogP contribution in [0.1, 0.15) is 53.4 Å². The Morgan fingerprint density at radius 2 is 1.81 bits per heavy atom. The summed E-state index contributed by atoms with van der Waals surface area (Å²) in [5.74, 6) is 0. The normalized spacial score (nSPS) is 23.5. The molecule has 2 rings (SSSR count). The Morgan fingerprint density at radius 3 is 2.38 bits per heavy atom. The predicted octanol–water partition coefficient (Wildman–Crippen LogP) is 4.79. The third kappa shape index (κ3) is 5.28. The maximum Gasteiger partial charge on any atom is 0.0669 e. The van der Waals surface area contributed by atoms with Crippen LogP contribution in [0, 0.1) is 0 Å². The molecule has 0 radical (unpaired) electrons. The van der Waals surface area contributed by atoms with E-state index in [4.69, 9.17) is 0 Å². The molecule has 0 aromatic carbocycles. The van der Waals surface area contributed by atoms with Crippen LogP contribution >= 0.6 is 0 Å². The predicted molar refractivity (Wildman–Crippen MR) is 95.2 cm³/mol. The fraction of sp³-hybridized carbons (Fsp3) is 0.632. The van der Waals surface area contributed by atoms with E-state index in [9.17, 15) is 0 Å². The Bertz CT molecular complexity index is 432. The lowest BCUT2D eigenvalue weighted by atomic mass is 9.92. The highest BCUT2D eigenvalue weighted by molar-refractivity contribution is 6.15. The second-order valence-corrected chi connectivity index (χ2v) is 5.52. The second kappa shape index (κ2) is 9.73. The molecule has 0 amide bonds. The molecule has 2 nitrogen and oxygen atoms in total. The van der Waals surface area contributed by atoms with Crippen LogP contribution in [-0.2, 0) is 0 Å². The van der Waals surface area contributed by atoms with Gasteiger partial charge in [0.05, 0.1) is 5.71 Å². The lowest BCUT2D eigenvalue weighted by Crippen LogP contribution is -2.31. The average molecular weight is 288 g/mol. The largest absolute Gasteiger partial charge is 0.299 e. The first kappa shape index (κ1) is 17.9. The number of rotatable bonds is 3. The first-order valence-electron chi connectivity index (χ1n) is 8.53. The van der Waals surface area contributed by atoms with Gasteiger partial charge < -0.3 is 0 Å². The van der Waals surface area contributed by atoms with Crippen LogP contribution in [0.15, 0.2) is 39.9 Å². The van der Waals surface area contributed by atoms with E-state index in [1.54, 1.807) is 0 Å². The Kier molecular flexibility index (Phi) is 8.29. The van der Waals surface area contributed by atoms with E-state index < -0.39 is 0 Å². The fourth-order valence-electron chi connectivity index (χ4n) is 3.03. The van der Waals surface area contributed by atoms with Gasteiger partial charge in [-0.05, 0) is 62.1 Å². The Labute approximate surface area is 131 Å². The van der Waals surface area contributed by atoms with E-state index in [1.165, 1.54) is 49.1 Å². The molecule has 1 aliphatic carbocycles. The molecule has 118 valence electrons. The number of piperidine rings is 1. The zero-order chi connectivity index (χ0) is 15.7. The number of nitrogens with zero attached hydrogens (tertiary/aromatic N) is 2. The van der Waals surface area contributed by atoms with Crippen molar-refractivity contribution >= 4 is 5.71 Å². The second-order valence-electron chi connectivity index (χ2n) is 5.52. The number of aliphatic imine (C=N–C) groups is 1. The van der Waals surface area contributed by atoms with E-state index in [1.807, 2.05) is 20.9 Å². The average Bonchev–Trinajstić information content (AvgIpc) is 2.50. The fourth-order valence-corrected chi connectivity index (χ4v) is 3.03. The first-order chi connectivity index (χ1) is 10.2. The van der Waals surface area contributed by atoms with Gasteiger partial charge in [0.15, 0.2) is 0 Å². The summed E-state index contributed by atoms with van der Waals surface area (Å²) in [6, 6.07) is 0. The molecular formula is C19H32N2. The van der Waals surface area contributed by atoms with Gasteiger partial charge in [-0.3, -0.25) is 9.89 Å². The Morgan fingerprint density at radius 1 is 1.14 bits per heavy atom. The van der Waals surface area contributed by atoms with Gasteiger partial charge in [0.1, 0.15) is 0 Å². The molecule has 1 aliphatic heterocycles. The topological polar surface area (TPSA) is 15.6 Å². The molecule has 0 spiro atoms. The van der Waals surface area contributed by atoms with Gasteiger partial charge in [0.25, 0.3) is 0 Å². The molecule has 0 bridgehead atoms. The Hall–Kier alpha value is -1.15. The minimum atomic E-state index is 1.06. The number of likely N-dealkylation sites (tertiary alicyclic amines) is 1. The third-order valence-electron chi connectivity index (χ3n) is 3.89. The van der Waals surface area contributed by atoms with E-state index in [0.29, 0.717) is 0 Å². The van der Waals surface area contributed by atoms with Crippen LogP contribution in [-0.4, -0.2) is 37.3 Å². The quantitative estimate of drug-likeness (QED) is 0.729. The summed E-state index contributed by atoms with van der Waals surface area (Å²) in [5, 5.41) is 0. The SMILES string of the molecule is CC.CC/C=C1/C=C(CN2CCCCC2)C=C(C)C1=NC. The lowest BCUT2D eigenvalue weighted by molar-refractivity contribution is 0.248. The summed E-state index contributed by atoms with van der Waals surface area (Å²) < 4.78 is 0. The molecule has 1 saturated heterocycles. The van der Waals surface area contributed by atoms with Gasteiger partial charge in [-0.1, -0.05) is 39.3 Å².